The normalized spacial score (nSPS) is 10.8. The van der Waals surface area contributed by atoms with Gasteiger partial charge in [0.1, 0.15) is 5.01 Å². The largest absolute Gasteiger partial charge is 0.381 e. The van der Waals surface area contributed by atoms with Crippen LogP contribution in [0.15, 0.2) is 28.6 Å². The molecule has 0 aliphatic heterocycles. The molecule has 0 spiro atoms. The minimum absolute atomic E-state index is 0.120. The van der Waals surface area contributed by atoms with Gasteiger partial charge in [-0.05, 0) is 13.8 Å². The molecule has 2 rings (SSSR count). The number of nitrogens with one attached hydrogen (secondary N) is 1. The van der Waals surface area contributed by atoms with E-state index in [1.807, 2.05) is 19.2 Å². The van der Waals surface area contributed by atoms with Crippen molar-refractivity contribution < 1.29 is 0 Å². The predicted molar refractivity (Wildman–Crippen MR) is 68.5 cm³/mol. The molecule has 1 N–H and O–H groups in total. The van der Waals surface area contributed by atoms with Crippen LogP contribution in [0.5, 0.6) is 0 Å². The lowest BCUT2D eigenvalue weighted by Crippen LogP contribution is -2.24. The summed E-state index contributed by atoms with van der Waals surface area (Å²) in [4.78, 5) is 15.9. The van der Waals surface area contributed by atoms with Gasteiger partial charge in [-0.3, -0.25) is 4.79 Å². The molecule has 0 fully saturated rings. The van der Waals surface area contributed by atoms with Gasteiger partial charge in [0.2, 0.25) is 0 Å². The third-order valence-electron chi connectivity index (χ3n) is 2.09. The van der Waals surface area contributed by atoms with E-state index in [9.17, 15) is 4.79 Å². The van der Waals surface area contributed by atoms with Gasteiger partial charge in [-0.1, -0.05) is 0 Å². The van der Waals surface area contributed by atoms with Crippen molar-refractivity contribution in [3.05, 3.63) is 39.2 Å². The Morgan fingerprint density at radius 2 is 2.35 bits per heavy atom. The molecular weight excluding hydrogens is 236 g/mol. The van der Waals surface area contributed by atoms with Crippen LogP contribution in [0.25, 0.3) is 0 Å². The molecule has 90 valence electrons. The Morgan fingerprint density at radius 1 is 1.53 bits per heavy atom. The van der Waals surface area contributed by atoms with Crippen molar-refractivity contribution in [1.82, 2.24) is 14.8 Å². The zero-order valence-corrected chi connectivity index (χ0v) is 10.6. The van der Waals surface area contributed by atoms with Crippen molar-refractivity contribution >= 4 is 17.0 Å². The smallest absolute Gasteiger partial charge is 0.269 e. The Labute approximate surface area is 103 Å². The first-order valence-corrected chi connectivity index (χ1v) is 6.25. The molecule has 0 atom stereocenters. The van der Waals surface area contributed by atoms with Crippen molar-refractivity contribution in [2.45, 2.75) is 26.4 Å². The molecule has 0 saturated heterocycles. The number of rotatable bonds is 4. The monoisotopic (exact) mass is 250 g/mol. The van der Waals surface area contributed by atoms with E-state index in [2.05, 4.69) is 15.4 Å². The van der Waals surface area contributed by atoms with Crippen molar-refractivity contribution in [2.75, 3.05) is 5.32 Å². The summed E-state index contributed by atoms with van der Waals surface area (Å²) < 4.78 is 1.41. The van der Waals surface area contributed by atoms with Crippen molar-refractivity contribution in [3.8, 4) is 0 Å². The van der Waals surface area contributed by atoms with E-state index in [1.165, 1.54) is 16.0 Å². The number of nitrogens with zero attached hydrogens (tertiary/aromatic N) is 3. The molecule has 17 heavy (non-hydrogen) atoms. The lowest BCUT2D eigenvalue weighted by atomic mass is 10.3. The summed E-state index contributed by atoms with van der Waals surface area (Å²) in [5.74, 6) is 0. The maximum Gasteiger partial charge on any atom is 0.269 e. The van der Waals surface area contributed by atoms with E-state index < -0.39 is 0 Å². The number of hydrogen-bond donors (Lipinski definition) is 1. The van der Waals surface area contributed by atoms with E-state index in [4.69, 9.17) is 0 Å². The van der Waals surface area contributed by atoms with Gasteiger partial charge in [0, 0.05) is 23.7 Å². The molecule has 2 heterocycles. The molecule has 0 aliphatic carbocycles. The van der Waals surface area contributed by atoms with Gasteiger partial charge in [-0.2, -0.15) is 5.10 Å². The highest BCUT2D eigenvalue weighted by molar-refractivity contribution is 7.09. The van der Waals surface area contributed by atoms with Crippen molar-refractivity contribution in [1.29, 1.82) is 0 Å². The van der Waals surface area contributed by atoms with E-state index >= 15 is 0 Å². The van der Waals surface area contributed by atoms with Crippen LogP contribution in [-0.2, 0) is 6.54 Å². The quantitative estimate of drug-likeness (QED) is 0.894. The maximum absolute atomic E-state index is 11.8. The van der Waals surface area contributed by atoms with Gasteiger partial charge in [0.25, 0.3) is 5.56 Å². The molecule has 0 radical (unpaired) electrons. The lowest BCUT2D eigenvalue weighted by Gasteiger charge is -2.09. The second-order valence-corrected chi connectivity index (χ2v) is 4.94. The maximum atomic E-state index is 11.8. The average Bonchev–Trinajstić information content (AvgIpc) is 2.74. The predicted octanol–water partition coefficient (Wildman–Crippen LogP) is 1.57. The van der Waals surface area contributed by atoms with Crippen LogP contribution in [0.2, 0.25) is 0 Å². The van der Waals surface area contributed by atoms with E-state index in [-0.39, 0.29) is 11.6 Å². The van der Waals surface area contributed by atoms with Crippen LogP contribution in [0.3, 0.4) is 0 Å². The van der Waals surface area contributed by atoms with Gasteiger partial charge in [0.15, 0.2) is 0 Å². The Kier molecular flexibility index (Phi) is 3.53. The van der Waals surface area contributed by atoms with Crippen molar-refractivity contribution in [3.63, 3.8) is 0 Å². The fraction of sp³-hybridized carbons (Fsp3) is 0.364. The van der Waals surface area contributed by atoms with Crippen LogP contribution in [0.1, 0.15) is 18.9 Å². The summed E-state index contributed by atoms with van der Waals surface area (Å²) in [6.07, 6.45) is 3.38. The van der Waals surface area contributed by atoms with Crippen LogP contribution in [-0.4, -0.2) is 20.8 Å². The van der Waals surface area contributed by atoms with Gasteiger partial charge in [-0.25, -0.2) is 9.67 Å². The number of anilines is 1. The Morgan fingerprint density at radius 3 is 2.94 bits per heavy atom. The van der Waals surface area contributed by atoms with Gasteiger partial charge >= 0.3 is 0 Å². The number of aromatic nitrogens is 3. The first-order valence-electron chi connectivity index (χ1n) is 5.37. The molecule has 0 unspecified atom stereocenters. The molecular formula is C11H14N4OS. The zero-order valence-electron chi connectivity index (χ0n) is 9.75. The van der Waals surface area contributed by atoms with Crippen LogP contribution < -0.4 is 10.9 Å². The third kappa shape index (κ3) is 3.13. The second-order valence-electron chi connectivity index (χ2n) is 3.97. The lowest BCUT2D eigenvalue weighted by molar-refractivity contribution is 0.636. The minimum atomic E-state index is -0.120. The first kappa shape index (κ1) is 11.8. The van der Waals surface area contributed by atoms with E-state index in [1.54, 1.807) is 18.5 Å². The zero-order chi connectivity index (χ0) is 12.3. The molecule has 2 aromatic heterocycles. The number of thiazole rings is 1. The van der Waals surface area contributed by atoms with Gasteiger partial charge in [-0.15, -0.1) is 11.3 Å². The highest BCUT2D eigenvalue weighted by Crippen LogP contribution is 2.06. The summed E-state index contributed by atoms with van der Waals surface area (Å²) in [5, 5.41) is 10.0. The topological polar surface area (TPSA) is 59.8 Å². The van der Waals surface area contributed by atoms with E-state index in [0.29, 0.717) is 6.54 Å². The molecule has 6 heteroatoms. The standard InChI is InChI=1S/C11H14N4OS/c1-8(2)14-9-5-11(16)15(13-6-9)7-10-12-3-4-17-10/h3-6,8,14H,7H2,1-2H3. The summed E-state index contributed by atoms with van der Waals surface area (Å²) in [5.41, 5.74) is 0.631. The SMILES string of the molecule is CC(C)Nc1cnn(Cc2nccs2)c(=O)c1. The average molecular weight is 250 g/mol. The molecule has 0 amide bonds. The molecule has 0 saturated carbocycles. The van der Waals surface area contributed by atoms with Crippen molar-refractivity contribution in [2.24, 2.45) is 0 Å². The molecule has 2 aromatic rings. The Hall–Kier alpha value is -1.69. The van der Waals surface area contributed by atoms with E-state index in [0.717, 1.165) is 10.7 Å². The Bertz CT molecular complexity index is 533. The first-order chi connectivity index (χ1) is 8.15. The summed E-state index contributed by atoms with van der Waals surface area (Å²) in [7, 11) is 0. The van der Waals surface area contributed by atoms with Crippen LogP contribution >= 0.6 is 11.3 Å². The molecule has 0 aromatic carbocycles. The number of hydrogen-bond acceptors (Lipinski definition) is 5. The molecule has 0 aliphatic rings. The summed E-state index contributed by atoms with van der Waals surface area (Å²) in [6, 6.07) is 1.84. The van der Waals surface area contributed by atoms with Crippen LogP contribution in [0, 0.1) is 0 Å². The minimum Gasteiger partial charge on any atom is -0.381 e. The fourth-order valence-corrected chi connectivity index (χ4v) is 2.02. The highest BCUT2D eigenvalue weighted by atomic mass is 32.1. The highest BCUT2D eigenvalue weighted by Gasteiger charge is 2.03. The summed E-state index contributed by atoms with van der Waals surface area (Å²) >= 11 is 1.51. The summed E-state index contributed by atoms with van der Waals surface area (Å²) in [6.45, 7) is 4.46. The van der Waals surface area contributed by atoms with Gasteiger partial charge < -0.3 is 5.32 Å². The fourth-order valence-electron chi connectivity index (χ4n) is 1.42. The third-order valence-corrected chi connectivity index (χ3v) is 2.86. The Balaban J connectivity index is 2.17. The van der Waals surface area contributed by atoms with Crippen LogP contribution in [0.4, 0.5) is 5.69 Å². The van der Waals surface area contributed by atoms with Gasteiger partial charge in [0.05, 0.1) is 18.4 Å². The molecule has 5 nitrogen and oxygen atoms in total. The second kappa shape index (κ2) is 5.09. The molecule has 0 bridgehead atoms.